The quantitative estimate of drug-likeness (QED) is 0.302. The average molecular weight is 311 g/mol. The van der Waals surface area contributed by atoms with E-state index in [1.807, 2.05) is 0 Å². The fourth-order valence-electron chi connectivity index (χ4n) is 2.17. The van der Waals surface area contributed by atoms with Crippen LogP contribution in [0.15, 0.2) is 0 Å². The maximum atomic E-state index is 11.1. The third-order valence-electron chi connectivity index (χ3n) is 3.28. The minimum absolute atomic E-state index is 0.0319. The predicted molar refractivity (Wildman–Crippen MR) is 82.7 cm³/mol. The molecule has 1 atom stereocenters. The van der Waals surface area contributed by atoms with E-state index in [9.17, 15) is 10.1 Å². The van der Waals surface area contributed by atoms with Gasteiger partial charge in [0.2, 0.25) is 17.6 Å². The zero-order valence-corrected chi connectivity index (χ0v) is 12.2. The molecule has 1 saturated heterocycles. The first-order chi connectivity index (χ1) is 10.6. The Morgan fingerprint density at radius 2 is 2.23 bits per heavy atom. The van der Waals surface area contributed by atoms with Crippen molar-refractivity contribution < 1.29 is 9.66 Å². The second-order valence-electron chi connectivity index (χ2n) is 4.97. The van der Waals surface area contributed by atoms with Gasteiger partial charge in [0.05, 0.1) is 11.0 Å². The summed E-state index contributed by atoms with van der Waals surface area (Å²) in [6, 6.07) is 0. The summed E-state index contributed by atoms with van der Waals surface area (Å²) < 4.78 is 5.48. The Kier molecular flexibility index (Phi) is 5.67. The van der Waals surface area contributed by atoms with E-state index in [2.05, 4.69) is 20.6 Å². The summed E-state index contributed by atoms with van der Waals surface area (Å²) in [6.07, 6.45) is 2.68. The number of nitrogens with two attached hydrogens (primary N) is 2. The molecule has 0 saturated carbocycles. The zero-order chi connectivity index (χ0) is 15.9. The maximum absolute atomic E-state index is 11.1. The number of aromatic nitrogens is 2. The molecule has 2 rings (SSSR count). The summed E-state index contributed by atoms with van der Waals surface area (Å²) in [5.41, 5.74) is 10.8. The van der Waals surface area contributed by atoms with Crippen LogP contribution in [0.4, 0.5) is 23.3 Å². The summed E-state index contributed by atoms with van der Waals surface area (Å²) >= 11 is 0. The molecule has 0 radical (unpaired) electrons. The van der Waals surface area contributed by atoms with Crippen LogP contribution >= 0.6 is 0 Å². The number of nitrogens with zero attached hydrogens (tertiary/aromatic N) is 3. The molecule has 0 aliphatic carbocycles. The molecular formula is C12H21N7O3. The lowest BCUT2D eigenvalue weighted by molar-refractivity contribution is -0.383. The van der Waals surface area contributed by atoms with E-state index in [0.717, 1.165) is 19.3 Å². The Morgan fingerprint density at radius 3 is 2.86 bits per heavy atom. The standard InChI is InChI=1S/C12H21N7O3/c13-4-2-5-15-12-17-10(14)9(19(20)21)11(18-12)16-7-8-3-1-6-22-8/h8H,1-7,13H2,(H4,14,15,16,17,18)/t8-/m1/s1. The Morgan fingerprint density at radius 1 is 1.41 bits per heavy atom. The van der Waals surface area contributed by atoms with Crippen LogP contribution in [0, 0.1) is 10.1 Å². The molecule has 0 bridgehead atoms. The van der Waals surface area contributed by atoms with Gasteiger partial charge in [0.25, 0.3) is 0 Å². The molecule has 1 aromatic rings. The van der Waals surface area contributed by atoms with Crippen LogP contribution in [-0.2, 0) is 4.74 Å². The van der Waals surface area contributed by atoms with Crippen LogP contribution in [0.25, 0.3) is 0 Å². The lowest BCUT2D eigenvalue weighted by Gasteiger charge is -2.13. The Hall–Kier alpha value is -2.20. The SMILES string of the molecule is NCCCNc1nc(N)c([N+](=O)[O-])c(NC[C@H]2CCCO2)n1. The lowest BCUT2D eigenvalue weighted by Crippen LogP contribution is -2.21. The monoisotopic (exact) mass is 311 g/mol. The maximum Gasteiger partial charge on any atom is 0.353 e. The number of nitrogen functional groups attached to an aromatic ring is 1. The van der Waals surface area contributed by atoms with Gasteiger partial charge in [-0.05, 0) is 25.8 Å². The Balaban J connectivity index is 2.12. The Bertz CT molecular complexity index is 520. The molecular weight excluding hydrogens is 290 g/mol. The van der Waals surface area contributed by atoms with Crippen molar-refractivity contribution in [2.45, 2.75) is 25.4 Å². The minimum atomic E-state index is -0.586. The molecule has 0 spiro atoms. The van der Waals surface area contributed by atoms with Crippen LogP contribution in [0.3, 0.4) is 0 Å². The van der Waals surface area contributed by atoms with Crippen molar-refractivity contribution in [3.8, 4) is 0 Å². The number of nitro groups is 1. The van der Waals surface area contributed by atoms with Crippen molar-refractivity contribution in [1.29, 1.82) is 0 Å². The van der Waals surface area contributed by atoms with Crippen LogP contribution in [0.1, 0.15) is 19.3 Å². The van der Waals surface area contributed by atoms with Crippen molar-refractivity contribution >= 4 is 23.3 Å². The van der Waals surface area contributed by atoms with Gasteiger partial charge in [-0.3, -0.25) is 10.1 Å². The Labute approximate surface area is 127 Å². The van der Waals surface area contributed by atoms with E-state index in [1.54, 1.807) is 0 Å². The van der Waals surface area contributed by atoms with Crippen molar-refractivity contribution in [3.63, 3.8) is 0 Å². The average Bonchev–Trinajstić information content (AvgIpc) is 2.97. The van der Waals surface area contributed by atoms with Crippen molar-refractivity contribution in [3.05, 3.63) is 10.1 Å². The molecule has 2 heterocycles. The molecule has 10 heteroatoms. The molecule has 1 aliphatic rings. The van der Waals surface area contributed by atoms with E-state index in [4.69, 9.17) is 16.2 Å². The lowest BCUT2D eigenvalue weighted by atomic mass is 10.2. The highest BCUT2D eigenvalue weighted by atomic mass is 16.6. The number of nitrogens with one attached hydrogen (secondary N) is 2. The molecule has 6 N–H and O–H groups in total. The smallest absolute Gasteiger partial charge is 0.353 e. The molecule has 0 unspecified atom stereocenters. The first kappa shape index (κ1) is 16.2. The van der Waals surface area contributed by atoms with Crippen LogP contribution in [-0.4, -0.2) is 47.2 Å². The van der Waals surface area contributed by atoms with E-state index in [0.29, 0.717) is 26.2 Å². The van der Waals surface area contributed by atoms with Gasteiger partial charge in [-0.25, -0.2) is 0 Å². The second-order valence-corrected chi connectivity index (χ2v) is 4.97. The van der Waals surface area contributed by atoms with Crippen LogP contribution in [0.5, 0.6) is 0 Å². The van der Waals surface area contributed by atoms with Crippen LogP contribution < -0.4 is 22.1 Å². The fraction of sp³-hybridized carbons (Fsp3) is 0.667. The zero-order valence-electron chi connectivity index (χ0n) is 12.2. The topological polar surface area (TPSA) is 154 Å². The molecule has 1 aliphatic heterocycles. The van der Waals surface area contributed by atoms with Gasteiger partial charge in [0.15, 0.2) is 0 Å². The van der Waals surface area contributed by atoms with Gasteiger partial charge in [0, 0.05) is 19.7 Å². The molecule has 10 nitrogen and oxygen atoms in total. The van der Waals surface area contributed by atoms with Crippen molar-refractivity contribution in [2.75, 3.05) is 42.6 Å². The van der Waals surface area contributed by atoms with Gasteiger partial charge >= 0.3 is 5.69 Å². The third kappa shape index (κ3) is 4.15. The second kappa shape index (κ2) is 7.71. The highest BCUT2D eigenvalue weighted by Crippen LogP contribution is 2.29. The van der Waals surface area contributed by atoms with Gasteiger partial charge < -0.3 is 26.8 Å². The van der Waals surface area contributed by atoms with Crippen LogP contribution in [0.2, 0.25) is 0 Å². The number of hydrogen-bond acceptors (Lipinski definition) is 9. The third-order valence-corrected chi connectivity index (χ3v) is 3.28. The van der Waals surface area contributed by atoms with Crippen molar-refractivity contribution in [1.82, 2.24) is 9.97 Å². The number of ether oxygens (including phenoxy) is 1. The molecule has 0 amide bonds. The summed E-state index contributed by atoms with van der Waals surface area (Å²) in [4.78, 5) is 18.6. The van der Waals surface area contributed by atoms with E-state index >= 15 is 0 Å². The van der Waals surface area contributed by atoms with E-state index in [1.165, 1.54) is 0 Å². The molecule has 22 heavy (non-hydrogen) atoms. The van der Waals surface area contributed by atoms with Crippen molar-refractivity contribution in [2.24, 2.45) is 5.73 Å². The number of anilines is 3. The number of hydrogen-bond donors (Lipinski definition) is 4. The minimum Gasteiger partial charge on any atom is -0.378 e. The molecule has 122 valence electrons. The summed E-state index contributed by atoms with van der Waals surface area (Å²) in [7, 11) is 0. The van der Waals surface area contributed by atoms with Gasteiger partial charge in [-0.1, -0.05) is 0 Å². The predicted octanol–water partition coefficient (Wildman–Crippen LogP) is 0.319. The summed E-state index contributed by atoms with van der Waals surface area (Å²) in [5.74, 6) is 0.166. The summed E-state index contributed by atoms with van der Waals surface area (Å²) in [5, 5.41) is 17.0. The van der Waals surface area contributed by atoms with Gasteiger partial charge in [-0.15, -0.1) is 0 Å². The molecule has 0 aromatic carbocycles. The van der Waals surface area contributed by atoms with Gasteiger partial charge in [0.1, 0.15) is 0 Å². The highest BCUT2D eigenvalue weighted by molar-refractivity contribution is 5.69. The molecule has 1 fully saturated rings. The van der Waals surface area contributed by atoms with E-state index in [-0.39, 0.29) is 29.4 Å². The largest absolute Gasteiger partial charge is 0.378 e. The van der Waals surface area contributed by atoms with Gasteiger partial charge in [-0.2, -0.15) is 9.97 Å². The first-order valence-electron chi connectivity index (χ1n) is 7.23. The summed E-state index contributed by atoms with van der Waals surface area (Å²) in [6.45, 7) is 2.25. The first-order valence-corrected chi connectivity index (χ1v) is 7.23. The van der Waals surface area contributed by atoms with E-state index < -0.39 is 4.92 Å². The number of rotatable bonds is 8. The molecule has 1 aromatic heterocycles. The normalized spacial score (nSPS) is 17.4. The fourth-order valence-corrected chi connectivity index (χ4v) is 2.17. The highest BCUT2D eigenvalue weighted by Gasteiger charge is 2.24.